The number of allylic oxidation sites excluding steroid dienone is 1. The number of ketones is 1. The van der Waals surface area contributed by atoms with Crippen LogP contribution in [-0.2, 0) is 0 Å². The molecule has 0 spiro atoms. The first kappa shape index (κ1) is 11.3. The molecule has 0 aliphatic heterocycles. The largest absolute Gasteiger partial charge is 0.289 e. The predicted molar refractivity (Wildman–Crippen MR) is 71.0 cm³/mol. The van der Waals surface area contributed by atoms with Crippen molar-refractivity contribution in [2.24, 2.45) is 0 Å². The summed E-state index contributed by atoms with van der Waals surface area (Å²) in [6.07, 6.45) is 3.90. The maximum absolute atomic E-state index is 12.3. The fraction of sp³-hybridized carbons (Fsp3) is 0.0625. The van der Waals surface area contributed by atoms with Gasteiger partial charge in [-0.25, -0.2) is 0 Å². The molecular formula is C16H14O. The van der Waals surface area contributed by atoms with Gasteiger partial charge in [-0.3, -0.25) is 4.79 Å². The lowest BCUT2D eigenvalue weighted by Crippen LogP contribution is -2.02. The molecule has 17 heavy (non-hydrogen) atoms. The van der Waals surface area contributed by atoms with Crippen LogP contribution in [0.4, 0.5) is 0 Å². The smallest absolute Gasteiger partial charge is 0.193 e. The van der Waals surface area contributed by atoms with Crippen LogP contribution in [0.3, 0.4) is 0 Å². The van der Waals surface area contributed by atoms with E-state index in [1.54, 1.807) is 0 Å². The van der Waals surface area contributed by atoms with E-state index in [-0.39, 0.29) is 5.78 Å². The first-order valence-corrected chi connectivity index (χ1v) is 5.64. The SMILES string of the molecule is CC=Cc1ccccc1C(=O)c1ccccc1. The van der Waals surface area contributed by atoms with E-state index in [2.05, 4.69) is 0 Å². The highest BCUT2D eigenvalue weighted by Crippen LogP contribution is 2.15. The third-order valence-corrected chi connectivity index (χ3v) is 2.59. The summed E-state index contributed by atoms with van der Waals surface area (Å²) in [7, 11) is 0. The Morgan fingerprint density at radius 3 is 2.29 bits per heavy atom. The van der Waals surface area contributed by atoms with Gasteiger partial charge in [0.1, 0.15) is 0 Å². The number of hydrogen-bond acceptors (Lipinski definition) is 1. The first-order valence-electron chi connectivity index (χ1n) is 5.64. The Bertz CT molecular complexity index is 538. The number of carbonyl (C=O) groups excluding carboxylic acids is 1. The van der Waals surface area contributed by atoms with E-state index in [0.29, 0.717) is 0 Å². The normalized spacial score (nSPS) is 10.6. The van der Waals surface area contributed by atoms with Gasteiger partial charge in [0.2, 0.25) is 0 Å². The van der Waals surface area contributed by atoms with Crippen molar-refractivity contribution in [3.05, 3.63) is 77.4 Å². The molecule has 0 unspecified atom stereocenters. The second kappa shape index (κ2) is 5.26. The lowest BCUT2D eigenvalue weighted by Gasteiger charge is -2.04. The van der Waals surface area contributed by atoms with Gasteiger partial charge in [0.25, 0.3) is 0 Å². The van der Waals surface area contributed by atoms with Crippen molar-refractivity contribution in [3.8, 4) is 0 Å². The van der Waals surface area contributed by atoms with E-state index in [9.17, 15) is 4.79 Å². The van der Waals surface area contributed by atoms with Gasteiger partial charge in [-0.05, 0) is 12.5 Å². The topological polar surface area (TPSA) is 17.1 Å². The summed E-state index contributed by atoms with van der Waals surface area (Å²) in [4.78, 5) is 12.3. The van der Waals surface area contributed by atoms with Gasteiger partial charge in [0, 0.05) is 11.1 Å². The van der Waals surface area contributed by atoms with E-state index >= 15 is 0 Å². The molecule has 0 saturated heterocycles. The van der Waals surface area contributed by atoms with Crippen molar-refractivity contribution >= 4 is 11.9 Å². The first-order chi connectivity index (χ1) is 8.33. The molecule has 0 bridgehead atoms. The molecule has 0 atom stereocenters. The van der Waals surface area contributed by atoms with E-state index in [1.165, 1.54) is 0 Å². The van der Waals surface area contributed by atoms with Crippen LogP contribution in [-0.4, -0.2) is 5.78 Å². The highest BCUT2D eigenvalue weighted by atomic mass is 16.1. The Morgan fingerprint density at radius 2 is 1.59 bits per heavy atom. The number of carbonyl (C=O) groups is 1. The van der Waals surface area contributed by atoms with Gasteiger partial charge in [0.15, 0.2) is 5.78 Å². The third-order valence-electron chi connectivity index (χ3n) is 2.59. The Labute approximate surface area is 101 Å². The quantitative estimate of drug-likeness (QED) is 0.718. The zero-order valence-electron chi connectivity index (χ0n) is 9.76. The van der Waals surface area contributed by atoms with Crippen molar-refractivity contribution in [3.63, 3.8) is 0 Å². The maximum atomic E-state index is 12.3. The molecule has 0 heterocycles. The second-order valence-electron chi connectivity index (χ2n) is 3.78. The maximum Gasteiger partial charge on any atom is 0.193 e. The number of hydrogen-bond donors (Lipinski definition) is 0. The molecule has 0 aromatic heterocycles. The molecule has 0 aliphatic rings. The summed E-state index contributed by atoms with van der Waals surface area (Å²) < 4.78 is 0. The molecule has 2 aromatic carbocycles. The average Bonchev–Trinajstić information content (AvgIpc) is 2.40. The molecule has 0 N–H and O–H groups in total. The van der Waals surface area contributed by atoms with Crippen LogP contribution >= 0.6 is 0 Å². The molecule has 1 nitrogen and oxygen atoms in total. The fourth-order valence-corrected chi connectivity index (χ4v) is 1.77. The highest BCUT2D eigenvalue weighted by Gasteiger charge is 2.10. The minimum Gasteiger partial charge on any atom is -0.289 e. The molecule has 0 radical (unpaired) electrons. The Balaban J connectivity index is 2.44. The summed E-state index contributed by atoms with van der Waals surface area (Å²) in [5, 5.41) is 0. The molecule has 2 rings (SSSR count). The Morgan fingerprint density at radius 1 is 0.941 bits per heavy atom. The molecule has 84 valence electrons. The molecule has 0 fully saturated rings. The van der Waals surface area contributed by atoms with Gasteiger partial charge in [-0.1, -0.05) is 66.7 Å². The van der Waals surface area contributed by atoms with Gasteiger partial charge >= 0.3 is 0 Å². The monoisotopic (exact) mass is 222 g/mol. The molecular weight excluding hydrogens is 208 g/mol. The van der Waals surface area contributed by atoms with Crippen LogP contribution in [0, 0.1) is 0 Å². The van der Waals surface area contributed by atoms with Crippen LogP contribution in [0.5, 0.6) is 0 Å². The molecule has 0 saturated carbocycles. The average molecular weight is 222 g/mol. The van der Waals surface area contributed by atoms with Gasteiger partial charge in [0.05, 0.1) is 0 Å². The zero-order chi connectivity index (χ0) is 12.1. The molecule has 0 amide bonds. The van der Waals surface area contributed by atoms with Crippen molar-refractivity contribution in [2.75, 3.05) is 0 Å². The van der Waals surface area contributed by atoms with E-state index in [1.807, 2.05) is 73.7 Å². The highest BCUT2D eigenvalue weighted by molar-refractivity contribution is 6.10. The van der Waals surface area contributed by atoms with Crippen LogP contribution < -0.4 is 0 Å². The van der Waals surface area contributed by atoms with Crippen molar-refractivity contribution in [2.45, 2.75) is 6.92 Å². The van der Waals surface area contributed by atoms with Crippen molar-refractivity contribution < 1.29 is 4.79 Å². The van der Waals surface area contributed by atoms with Crippen molar-refractivity contribution in [1.29, 1.82) is 0 Å². The zero-order valence-corrected chi connectivity index (χ0v) is 9.76. The standard InChI is InChI=1S/C16H14O/c1-2-8-13-9-6-7-12-15(13)16(17)14-10-4-3-5-11-14/h2-12H,1H3. The third kappa shape index (κ3) is 2.51. The molecule has 2 aromatic rings. The van der Waals surface area contributed by atoms with Crippen molar-refractivity contribution in [1.82, 2.24) is 0 Å². The van der Waals surface area contributed by atoms with E-state index < -0.39 is 0 Å². The van der Waals surface area contributed by atoms with Gasteiger partial charge in [-0.15, -0.1) is 0 Å². The van der Waals surface area contributed by atoms with Gasteiger partial charge in [-0.2, -0.15) is 0 Å². The van der Waals surface area contributed by atoms with E-state index in [4.69, 9.17) is 0 Å². The summed E-state index contributed by atoms with van der Waals surface area (Å²) >= 11 is 0. The van der Waals surface area contributed by atoms with Crippen LogP contribution in [0.2, 0.25) is 0 Å². The van der Waals surface area contributed by atoms with Crippen LogP contribution in [0.15, 0.2) is 60.7 Å². The molecule has 1 heteroatoms. The fourth-order valence-electron chi connectivity index (χ4n) is 1.77. The van der Waals surface area contributed by atoms with Gasteiger partial charge < -0.3 is 0 Å². The second-order valence-corrected chi connectivity index (χ2v) is 3.78. The predicted octanol–water partition coefficient (Wildman–Crippen LogP) is 3.95. The Kier molecular flexibility index (Phi) is 3.51. The van der Waals surface area contributed by atoms with E-state index in [0.717, 1.165) is 16.7 Å². The summed E-state index contributed by atoms with van der Waals surface area (Å²) in [6.45, 7) is 1.95. The lowest BCUT2D eigenvalue weighted by atomic mass is 9.98. The number of benzene rings is 2. The number of rotatable bonds is 3. The summed E-state index contributed by atoms with van der Waals surface area (Å²) in [5.74, 6) is 0.0688. The summed E-state index contributed by atoms with van der Waals surface area (Å²) in [6, 6.07) is 17.0. The summed E-state index contributed by atoms with van der Waals surface area (Å²) in [5.41, 5.74) is 2.44. The van der Waals surface area contributed by atoms with Crippen LogP contribution in [0.25, 0.3) is 6.08 Å². The minimum absolute atomic E-state index is 0.0688. The lowest BCUT2D eigenvalue weighted by molar-refractivity contribution is 0.103. The minimum atomic E-state index is 0.0688. The molecule has 0 aliphatic carbocycles. The Hall–Kier alpha value is -2.15. The van der Waals surface area contributed by atoms with Crippen LogP contribution in [0.1, 0.15) is 28.4 Å².